The summed E-state index contributed by atoms with van der Waals surface area (Å²) in [6.45, 7) is 2.13. The molecule has 6 heteroatoms. The molecule has 1 aromatic carbocycles. The summed E-state index contributed by atoms with van der Waals surface area (Å²) in [5, 5.41) is 0. The number of nitrogens with one attached hydrogen (secondary N) is 1. The highest BCUT2D eigenvalue weighted by atomic mass is 16.5. The van der Waals surface area contributed by atoms with Crippen LogP contribution in [-0.4, -0.2) is 40.5 Å². The molecule has 1 aromatic heterocycles. The van der Waals surface area contributed by atoms with Crippen LogP contribution in [0.2, 0.25) is 0 Å². The molecule has 6 nitrogen and oxygen atoms in total. The Hall–Kier alpha value is -2.89. The third-order valence-electron chi connectivity index (χ3n) is 6.05. The van der Waals surface area contributed by atoms with Crippen molar-refractivity contribution in [2.45, 2.75) is 44.7 Å². The van der Waals surface area contributed by atoms with Gasteiger partial charge in [0.1, 0.15) is 0 Å². The Morgan fingerprint density at radius 1 is 1.18 bits per heavy atom. The molecule has 2 aliphatic rings. The van der Waals surface area contributed by atoms with Gasteiger partial charge in [-0.2, -0.15) is 0 Å². The molecule has 3 atom stereocenters. The first-order chi connectivity index (χ1) is 13.5. The van der Waals surface area contributed by atoms with Crippen molar-refractivity contribution in [2.24, 2.45) is 5.41 Å². The lowest BCUT2D eigenvalue weighted by molar-refractivity contribution is -0.157. The number of amides is 1. The number of esters is 1. The van der Waals surface area contributed by atoms with E-state index < -0.39 is 5.41 Å². The van der Waals surface area contributed by atoms with Gasteiger partial charge in [-0.15, -0.1) is 0 Å². The van der Waals surface area contributed by atoms with Crippen LogP contribution in [0.5, 0.6) is 0 Å². The molecule has 1 N–H and O–H groups in total. The predicted octanol–water partition coefficient (Wildman–Crippen LogP) is 2.54. The van der Waals surface area contributed by atoms with Crippen LogP contribution in [-0.2, 0) is 16.0 Å². The number of hydrogen-bond donors (Lipinski definition) is 1. The summed E-state index contributed by atoms with van der Waals surface area (Å²) in [5.74, 6) is -0.353. The predicted molar refractivity (Wildman–Crippen MR) is 104 cm³/mol. The topological polar surface area (TPSA) is 79.5 Å². The molecular formula is C22H24N2O4. The third kappa shape index (κ3) is 3.03. The molecule has 4 rings (SSSR count). The second-order valence-electron chi connectivity index (χ2n) is 7.64. The Morgan fingerprint density at radius 2 is 1.96 bits per heavy atom. The van der Waals surface area contributed by atoms with Crippen molar-refractivity contribution < 1.29 is 14.3 Å². The molecule has 2 fully saturated rings. The first kappa shape index (κ1) is 18.5. The Kier molecular flexibility index (Phi) is 4.79. The number of ether oxygens (including phenoxy) is 1. The Balaban J connectivity index is 1.68. The third-order valence-corrected chi connectivity index (χ3v) is 6.05. The molecule has 0 unspecified atom stereocenters. The summed E-state index contributed by atoms with van der Waals surface area (Å²) in [6.07, 6.45) is 4.29. The fourth-order valence-electron chi connectivity index (χ4n) is 4.90. The number of H-pyrrole nitrogens is 1. The van der Waals surface area contributed by atoms with Gasteiger partial charge >= 0.3 is 5.97 Å². The maximum absolute atomic E-state index is 13.2. The van der Waals surface area contributed by atoms with Crippen molar-refractivity contribution in [2.75, 3.05) is 6.61 Å². The molecule has 1 amide bonds. The SMILES string of the molecule is CCOC(=O)[C@@]1(Cc2ccccc2)C[C@H]2CC[C@@H]1N2C(=O)c1ccc(=O)[nH]c1. The first-order valence-corrected chi connectivity index (χ1v) is 9.78. The van der Waals surface area contributed by atoms with E-state index in [4.69, 9.17) is 4.74 Å². The quantitative estimate of drug-likeness (QED) is 0.809. The number of benzene rings is 1. The molecule has 146 valence electrons. The average molecular weight is 380 g/mol. The molecule has 0 saturated carbocycles. The van der Waals surface area contributed by atoms with Gasteiger partial charge in [-0.25, -0.2) is 0 Å². The number of aromatic nitrogens is 1. The molecule has 0 spiro atoms. The normalized spacial score (nSPS) is 25.7. The monoisotopic (exact) mass is 380 g/mol. The van der Waals surface area contributed by atoms with Gasteiger partial charge in [-0.3, -0.25) is 14.4 Å². The van der Waals surface area contributed by atoms with Gasteiger partial charge in [0.2, 0.25) is 5.56 Å². The zero-order valence-corrected chi connectivity index (χ0v) is 15.9. The van der Waals surface area contributed by atoms with Crippen LogP contribution < -0.4 is 5.56 Å². The number of aromatic amines is 1. The van der Waals surface area contributed by atoms with Gasteiger partial charge in [0, 0.05) is 24.3 Å². The molecule has 2 aliphatic heterocycles. The summed E-state index contributed by atoms with van der Waals surface area (Å²) in [7, 11) is 0. The van der Waals surface area contributed by atoms with E-state index in [-0.39, 0.29) is 29.5 Å². The highest BCUT2D eigenvalue weighted by Crippen LogP contribution is 2.52. The van der Waals surface area contributed by atoms with E-state index in [1.54, 1.807) is 6.07 Å². The number of fused-ring (bicyclic) bond motifs is 2. The molecule has 0 radical (unpaired) electrons. The lowest BCUT2D eigenvalue weighted by Gasteiger charge is -2.35. The minimum atomic E-state index is -0.724. The van der Waals surface area contributed by atoms with E-state index in [0.29, 0.717) is 25.0 Å². The lowest BCUT2D eigenvalue weighted by Crippen LogP contribution is -2.47. The molecular weight excluding hydrogens is 356 g/mol. The number of nitrogens with zero attached hydrogens (tertiary/aromatic N) is 1. The van der Waals surface area contributed by atoms with E-state index in [1.807, 2.05) is 42.2 Å². The van der Waals surface area contributed by atoms with Gasteiger partial charge in [0.25, 0.3) is 5.91 Å². The number of rotatable bonds is 5. The van der Waals surface area contributed by atoms with Gasteiger partial charge in [0.15, 0.2) is 0 Å². The van der Waals surface area contributed by atoms with Crippen LogP contribution in [0.3, 0.4) is 0 Å². The van der Waals surface area contributed by atoms with Crippen molar-refractivity contribution in [1.82, 2.24) is 9.88 Å². The summed E-state index contributed by atoms with van der Waals surface area (Å²) >= 11 is 0. The molecule has 0 aliphatic carbocycles. The Labute approximate surface area is 163 Å². The van der Waals surface area contributed by atoms with Crippen molar-refractivity contribution >= 4 is 11.9 Å². The highest BCUT2D eigenvalue weighted by molar-refractivity contribution is 5.96. The number of hydrogen-bond acceptors (Lipinski definition) is 4. The maximum Gasteiger partial charge on any atom is 0.314 e. The average Bonchev–Trinajstić information content (AvgIpc) is 3.25. The van der Waals surface area contributed by atoms with E-state index in [1.165, 1.54) is 12.3 Å². The van der Waals surface area contributed by atoms with E-state index in [9.17, 15) is 14.4 Å². The van der Waals surface area contributed by atoms with E-state index in [2.05, 4.69) is 4.98 Å². The van der Waals surface area contributed by atoms with Gasteiger partial charge in [0.05, 0.1) is 17.6 Å². The molecule has 2 aromatic rings. The van der Waals surface area contributed by atoms with Crippen LogP contribution in [0, 0.1) is 5.41 Å². The summed E-state index contributed by atoms with van der Waals surface area (Å²) < 4.78 is 5.48. The molecule has 2 saturated heterocycles. The molecule has 2 bridgehead atoms. The van der Waals surface area contributed by atoms with Crippen molar-refractivity contribution in [3.8, 4) is 0 Å². The second-order valence-corrected chi connectivity index (χ2v) is 7.64. The fourth-order valence-corrected chi connectivity index (χ4v) is 4.90. The highest BCUT2D eigenvalue weighted by Gasteiger charge is 2.61. The van der Waals surface area contributed by atoms with E-state index >= 15 is 0 Å². The minimum absolute atomic E-state index is 0.0116. The summed E-state index contributed by atoms with van der Waals surface area (Å²) in [5.41, 5.74) is 0.541. The van der Waals surface area contributed by atoms with Gasteiger partial charge in [-0.05, 0) is 44.2 Å². The van der Waals surface area contributed by atoms with E-state index in [0.717, 1.165) is 18.4 Å². The zero-order valence-electron chi connectivity index (χ0n) is 15.9. The molecule has 28 heavy (non-hydrogen) atoms. The Morgan fingerprint density at radius 3 is 2.64 bits per heavy atom. The Bertz CT molecular complexity index is 919. The smallest absolute Gasteiger partial charge is 0.314 e. The first-order valence-electron chi connectivity index (χ1n) is 9.78. The number of carbonyl (C=O) groups is 2. The standard InChI is InChI=1S/C22H24N2O4/c1-2-28-21(27)22(12-15-6-4-3-5-7-15)13-17-9-10-18(22)24(17)20(26)16-8-11-19(25)23-14-16/h3-8,11,14,17-18H,2,9-10,12-13H2,1H3,(H,23,25)/t17-,18+,22+/m1/s1. The fraction of sp³-hybridized carbons (Fsp3) is 0.409. The van der Waals surface area contributed by atoms with Crippen LogP contribution in [0.4, 0.5) is 0 Å². The lowest BCUT2D eigenvalue weighted by atomic mass is 9.70. The second kappa shape index (κ2) is 7.26. The van der Waals surface area contributed by atoms with Crippen LogP contribution in [0.25, 0.3) is 0 Å². The zero-order chi connectivity index (χ0) is 19.7. The largest absolute Gasteiger partial charge is 0.465 e. The molecule has 3 heterocycles. The maximum atomic E-state index is 13.2. The van der Waals surface area contributed by atoms with Crippen molar-refractivity contribution in [1.29, 1.82) is 0 Å². The minimum Gasteiger partial charge on any atom is -0.465 e. The van der Waals surface area contributed by atoms with Crippen LogP contribution >= 0.6 is 0 Å². The van der Waals surface area contributed by atoms with Crippen LogP contribution in [0.15, 0.2) is 53.5 Å². The number of pyridine rings is 1. The number of carbonyl (C=O) groups excluding carboxylic acids is 2. The van der Waals surface area contributed by atoms with Crippen LogP contribution in [0.1, 0.15) is 42.1 Å². The summed E-state index contributed by atoms with van der Waals surface area (Å²) in [4.78, 5) is 42.0. The van der Waals surface area contributed by atoms with Gasteiger partial charge in [-0.1, -0.05) is 30.3 Å². The van der Waals surface area contributed by atoms with Crippen molar-refractivity contribution in [3.63, 3.8) is 0 Å². The van der Waals surface area contributed by atoms with Crippen molar-refractivity contribution in [3.05, 3.63) is 70.1 Å². The summed E-state index contributed by atoms with van der Waals surface area (Å²) in [6, 6.07) is 12.6. The van der Waals surface area contributed by atoms with Gasteiger partial charge < -0.3 is 14.6 Å².